The van der Waals surface area contributed by atoms with Gasteiger partial charge < -0.3 is 20.5 Å². The van der Waals surface area contributed by atoms with Crippen LogP contribution >= 0.6 is 0 Å². The highest BCUT2D eigenvalue weighted by Crippen LogP contribution is 2.13. The van der Waals surface area contributed by atoms with Crippen LogP contribution in [0.15, 0.2) is 42.6 Å². The highest BCUT2D eigenvalue weighted by atomic mass is 16.6. The van der Waals surface area contributed by atoms with E-state index in [4.69, 9.17) is 5.11 Å². The van der Waals surface area contributed by atoms with Gasteiger partial charge in [-0.1, -0.05) is 36.4 Å². The topological polar surface area (TPSA) is 105 Å². The van der Waals surface area contributed by atoms with Crippen LogP contribution in [0.2, 0.25) is 0 Å². The molecule has 112 valence electrons. The fourth-order valence-corrected chi connectivity index (χ4v) is 1.75. The van der Waals surface area contributed by atoms with E-state index >= 15 is 0 Å². The second-order valence-electron chi connectivity index (χ2n) is 4.44. The Morgan fingerprint density at radius 2 is 1.91 bits per heavy atom. The van der Waals surface area contributed by atoms with E-state index in [1.807, 2.05) is 30.3 Å². The first-order valence-electron chi connectivity index (χ1n) is 6.39. The SMILES string of the molecule is O=C(O)NCc1ccc(/C=C/c2ccnc([N+](=O)[O-])c2)cc1. The lowest BCUT2D eigenvalue weighted by Crippen LogP contribution is -2.19. The fourth-order valence-electron chi connectivity index (χ4n) is 1.75. The number of carbonyl (C=O) groups is 1. The molecule has 0 unspecified atom stereocenters. The molecule has 1 aromatic heterocycles. The molecule has 1 amide bonds. The molecule has 0 atom stereocenters. The third kappa shape index (κ3) is 4.41. The van der Waals surface area contributed by atoms with Crippen LogP contribution < -0.4 is 5.32 Å². The predicted octanol–water partition coefficient (Wildman–Crippen LogP) is 2.93. The summed E-state index contributed by atoms with van der Waals surface area (Å²) in [6.07, 6.45) is 3.88. The van der Waals surface area contributed by atoms with E-state index in [2.05, 4.69) is 10.3 Å². The molecule has 22 heavy (non-hydrogen) atoms. The minimum absolute atomic E-state index is 0.197. The molecule has 0 aliphatic carbocycles. The van der Waals surface area contributed by atoms with Crippen LogP contribution in [0.25, 0.3) is 12.2 Å². The number of nitrogens with one attached hydrogen (secondary N) is 1. The normalized spacial score (nSPS) is 10.5. The van der Waals surface area contributed by atoms with Crippen LogP contribution in [-0.2, 0) is 6.54 Å². The van der Waals surface area contributed by atoms with E-state index in [0.717, 1.165) is 11.1 Å². The van der Waals surface area contributed by atoms with Crippen molar-refractivity contribution in [3.63, 3.8) is 0 Å². The van der Waals surface area contributed by atoms with E-state index in [1.165, 1.54) is 12.3 Å². The summed E-state index contributed by atoms with van der Waals surface area (Å²) >= 11 is 0. The lowest BCUT2D eigenvalue weighted by molar-refractivity contribution is -0.389. The molecule has 0 saturated heterocycles. The van der Waals surface area contributed by atoms with Gasteiger partial charge in [-0.05, 0) is 32.7 Å². The zero-order chi connectivity index (χ0) is 15.9. The average molecular weight is 299 g/mol. The summed E-state index contributed by atoms with van der Waals surface area (Å²) in [6, 6.07) is 10.4. The number of amides is 1. The number of nitrogens with zero attached hydrogens (tertiary/aromatic N) is 2. The fraction of sp³-hybridized carbons (Fsp3) is 0.0667. The number of benzene rings is 1. The van der Waals surface area contributed by atoms with Gasteiger partial charge in [0.15, 0.2) is 0 Å². The highest BCUT2D eigenvalue weighted by Gasteiger charge is 2.05. The highest BCUT2D eigenvalue weighted by molar-refractivity contribution is 5.70. The summed E-state index contributed by atoms with van der Waals surface area (Å²) in [5, 5.41) is 21.5. The average Bonchev–Trinajstić information content (AvgIpc) is 2.52. The minimum Gasteiger partial charge on any atom is -0.465 e. The maximum atomic E-state index is 10.6. The molecule has 0 bridgehead atoms. The summed E-state index contributed by atoms with van der Waals surface area (Å²) in [5.41, 5.74) is 2.43. The Hall–Kier alpha value is -3.22. The number of pyridine rings is 1. The van der Waals surface area contributed by atoms with Crippen LogP contribution in [0.5, 0.6) is 0 Å². The molecule has 0 spiro atoms. The molecule has 0 radical (unpaired) electrons. The van der Waals surface area contributed by atoms with Gasteiger partial charge in [0.05, 0.1) is 0 Å². The summed E-state index contributed by atoms with van der Waals surface area (Å²) in [7, 11) is 0. The molecule has 7 heteroatoms. The molecule has 2 aromatic rings. The van der Waals surface area contributed by atoms with Gasteiger partial charge in [0.2, 0.25) is 0 Å². The first-order valence-corrected chi connectivity index (χ1v) is 6.39. The number of hydrogen-bond acceptors (Lipinski definition) is 4. The molecule has 7 nitrogen and oxygen atoms in total. The third-order valence-electron chi connectivity index (χ3n) is 2.85. The van der Waals surface area contributed by atoms with Crippen LogP contribution in [0, 0.1) is 10.1 Å². The van der Waals surface area contributed by atoms with E-state index in [-0.39, 0.29) is 12.4 Å². The van der Waals surface area contributed by atoms with E-state index in [1.54, 1.807) is 12.1 Å². The van der Waals surface area contributed by atoms with Gasteiger partial charge in [-0.25, -0.2) is 4.79 Å². The predicted molar refractivity (Wildman–Crippen MR) is 81.1 cm³/mol. The summed E-state index contributed by atoms with van der Waals surface area (Å²) in [6.45, 7) is 0.246. The molecule has 1 aromatic carbocycles. The number of aromatic nitrogens is 1. The van der Waals surface area contributed by atoms with Crippen molar-refractivity contribution < 1.29 is 14.8 Å². The van der Waals surface area contributed by atoms with Crippen LogP contribution in [0.1, 0.15) is 16.7 Å². The molecule has 1 heterocycles. The number of nitro groups is 1. The monoisotopic (exact) mass is 299 g/mol. The number of hydrogen-bond donors (Lipinski definition) is 2. The molecule has 2 N–H and O–H groups in total. The van der Waals surface area contributed by atoms with Crippen molar-refractivity contribution in [1.29, 1.82) is 0 Å². The zero-order valence-corrected chi connectivity index (χ0v) is 11.5. The van der Waals surface area contributed by atoms with Gasteiger partial charge in [0.1, 0.15) is 6.20 Å². The minimum atomic E-state index is -1.07. The van der Waals surface area contributed by atoms with Gasteiger partial charge in [-0.3, -0.25) is 0 Å². The van der Waals surface area contributed by atoms with Crippen molar-refractivity contribution in [2.75, 3.05) is 0 Å². The molecule has 2 rings (SSSR count). The lowest BCUT2D eigenvalue weighted by Gasteiger charge is -2.01. The zero-order valence-electron chi connectivity index (χ0n) is 11.5. The molecule has 0 fully saturated rings. The Kier molecular flexibility index (Phi) is 4.81. The van der Waals surface area contributed by atoms with Gasteiger partial charge in [0.25, 0.3) is 0 Å². The van der Waals surface area contributed by atoms with Crippen LogP contribution in [-0.4, -0.2) is 21.1 Å². The van der Waals surface area contributed by atoms with Crippen LogP contribution in [0.4, 0.5) is 10.6 Å². The van der Waals surface area contributed by atoms with Crippen molar-refractivity contribution >= 4 is 24.1 Å². The second-order valence-corrected chi connectivity index (χ2v) is 4.44. The Morgan fingerprint density at radius 3 is 2.55 bits per heavy atom. The van der Waals surface area contributed by atoms with Crippen molar-refractivity contribution in [2.24, 2.45) is 0 Å². The maximum Gasteiger partial charge on any atom is 0.404 e. The summed E-state index contributed by atoms with van der Waals surface area (Å²) < 4.78 is 0. The lowest BCUT2D eigenvalue weighted by atomic mass is 10.1. The van der Waals surface area contributed by atoms with E-state index < -0.39 is 11.0 Å². The van der Waals surface area contributed by atoms with Gasteiger partial charge in [-0.15, -0.1) is 0 Å². The molecular weight excluding hydrogens is 286 g/mol. The summed E-state index contributed by atoms with van der Waals surface area (Å²) in [4.78, 5) is 24.2. The number of rotatable bonds is 5. The Bertz CT molecular complexity index is 711. The van der Waals surface area contributed by atoms with Crippen molar-refractivity contribution in [2.45, 2.75) is 6.54 Å². The second kappa shape index (κ2) is 6.98. The molecule has 0 aliphatic rings. The quantitative estimate of drug-likeness (QED) is 0.652. The first kappa shape index (κ1) is 15.2. The smallest absolute Gasteiger partial charge is 0.404 e. The van der Waals surface area contributed by atoms with Gasteiger partial charge >= 0.3 is 11.9 Å². The Labute approximate surface area is 126 Å². The Balaban J connectivity index is 2.05. The Morgan fingerprint density at radius 1 is 1.23 bits per heavy atom. The van der Waals surface area contributed by atoms with Crippen molar-refractivity contribution in [3.8, 4) is 0 Å². The summed E-state index contributed by atoms with van der Waals surface area (Å²) in [5.74, 6) is -0.197. The van der Waals surface area contributed by atoms with Crippen molar-refractivity contribution in [1.82, 2.24) is 10.3 Å². The van der Waals surface area contributed by atoms with Gasteiger partial charge in [-0.2, -0.15) is 0 Å². The van der Waals surface area contributed by atoms with E-state index in [9.17, 15) is 14.9 Å². The molecule has 0 aliphatic heterocycles. The molecule has 0 saturated carbocycles. The van der Waals surface area contributed by atoms with E-state index in [0.29, 0.717) is 5.56 Å². The van der Waals surface area contributed by atoms with Gasteiger partial charge in [0, 0.05) is 12.6 Å². The largest absolute Gasteiger partial charge is 0.465 e. The first-order chi connectivity index (χ1) is 10.5. The number of carboxylic acid groups (broad SMARTS) is 1. The third-order valence-corrected chi connectivity index (χ3v) is 2.85. The van der Waals surface area contributed by atoms with Crippen molar-refractivity contribution in [3.05, 3.63) is 69.4 Å². The van der Waals surface area contributed by atoms with Crippen LogP contribution in [0.3, 0.4) is 0 Å². The molecular formula is C15H13N3O4. The standard InChI is InChI=1S/C15H13N3O4/c19-15(20)17-10-13-5-2-11(3-6-13)1-4-12-7-8-16-14(9-12)18(21)22/h1-9,17H,10H2,(H,19,20)/b4-1+. The maximum absolute atomic E-state index is 10.6.